The zero-order valence-electron chi connectivity index (χ0n) is 13.7. The summed E-state index contributed by atoms with van der Waals surface area (Å²) >= 11 is 0. The van der Waals surface area contributed by atoms with Gasteiger partial charge in [0.2, 0.25) is 5.91 Å². The maximum absolute atomic E-state index is 13.1. The van der Waals surface area contributed by atoms with E-state index in [1.807, 2.05) is 13.8 Å². The van der Waals surface area contributed by atoms with Crippen LogP contribution in [0.4, 0.5) is 8.78 Å². The first-order valence-corrected chi connectivity index (χ1v) is 7.35. The van der Waals surface area contributed by atoms with E-state index >= 15 is 0 Å². The van der Waals surface area contributed by atoms with Gasteiger partial charge >= 0.3 is 5.97 Å². The van der Waals surface area contributed by atoms with Gasteiger partial charge in [-0.25, -0.2) is 13.6 Å². The van der Waals surface area contributed by atoms with E-state index in [9.17, 15) is 23.2 Å². The number of hydrogen-bond acceptors (Lipinski definition) is 4. The van der Waals surface area contributed by atoms with E-state index < -0.39 is 42.0 Å². The van der Waals surface area contributed by atoms with Crippen molar-refractivity contribution in [2.75, 3.05) is 13.7 Å². The molecule has 0 radical (unpaired) electrons. The third-order valence-corrected chi connectivity index (χ3v) is 3.12. The molecular weight excluding hydrogens is 322 g/mol. The molecule has 1 unspecified atom stereocenters. The third-order valence-electron chi connectivity index (χ3n) is 3.12. The number of hydrogen-bond donors (Lipinski definition) is 2. The Kier molecular flexibility index (Phi) is 7.29. The van der Waals surface area contributed by atoms with Crippen molar-refractivity contribution in [2.24, 2.45) is 5.92 Å². The van der Waals surface area contributed by atoms with Crippen LogP contribution in [0, 0.1) is 17.6 Å². The van der Waals surface area contributed by atoms with Crippen LogP contribution >= 0.6 is 0 Å². The summed E-state index contributed by atoms with van der Waals surface area (Å²) in [6.45, 7) is 3.35. The topological polar surface area (TPSA) is 84.5 Å². The number of methoxy groups -OCH3 is 1. The van der Waals surface area contributed by atoms with E-state index in [0.717, 1.165) is 18.2 Å². The highest BCUT2D eigenvalue weighted by Gasteiger charge is 2.22. The molecular formula is C16H20F2N2O4. The zero-order valence-corrected chi connectivity index (χ0v) is 13.7. The number of benzene rings is 1. The van der Waals surface area contributed by atoms with Crippen molar-refractivity contribution in [2.45, 2.75) is 26.3 Å². The number of halogens is 2. The van der Waals surface area contributed by atoms with Gasteiger partial charge in [-0.05, 0) is 30.5 Å². The van der Waals surface area contributed by atoms with Crippen LogP contribution < -0.4 is 10.6 Å². The monoisotopic (exact) mass is 342 g/mol. The molecule has 24 heavy (non-hydrogen) atoms. The van der Waals surface area contributed by atoms with E-state index in [4.69, 9.17) is 0 Å². The summed E-state index contributed by atoms with van der Waals surface area (Å²) in [7, 11) is 1.21. The molecule has 1 aromatic carbocycles. The summed E-state index contributed by atoms with van der Waals surface area (Å²) in [4.78, 5) is 35.2. The van der Waals surface area contributed by atoms with Gasteiger partial charge in [-0.3, -0.25) is 9.59 Å². The Hall–Kier alpha value is -2.51. The van der Waals surface area contributed by atoms with Gasteiger partial charge in [0.15, 0.2) is 11.6 Å². The molecule has 2 N–H and O–H groups in total. The Balaban J connectivity index is 2.58. The predicted molar refractivity (Wildman–Crippen MR) is 82.1 cm³/mol. The normalized spacial score (nSPS) is 11.8. The first-order chi connectivity index (χ1) is 11.2. The second-order valence-electron chi connectivity index (χ2n) is 5.58. The summed E-state index contributed by atoms with van der Waals surface area (Å²) in [6.07, 6.45) is 0.384. The Morgan fingerprint density at radius 2 is 1.83 bits per heavy atom. The molecule has 1 rings (SSSR count). The van der Waals surface area contributed by atoms with Crippen molar-refractivity contribution < 1.29 is 27.9 Å². The van der Waals surface area contributed by atoms with Gasteiger partial charge in [0.1, 0.15) is 6.04 Å². The van der Waals surface area contributed by atoms with Gasteiger partial charge < -0.3 is 15.4 Å². The SMILES string of the molecule is COC(=O)C(CC(C)C)NC(=O)CNC(=O)c1ccc(F)c(F)c1. The van der Waals surface area contributed by atoms with Crippen molar-refractivity contribution in [3.63, 3.8) is 0 Å². The summed E-state index contributed by atoms with van der Waals surface area (Å²) < 4.78 is 30.5. The van der Waals surface area contributed by atoms with Gasteiger partial charge in [0, 0.05) is 5.56 Å². The molecule has 2 amide bonds. The van der Waals surface area contributed by atoms with Crippen LogP contribution in [-0.2, 0) is 14.3 Å². The Morgan fingerprint density at radius 1 is 1.17 bits per heavy atom. The quantitative estimate of drug-likeness (QED) is 0.734. The lowest BCUT2D eigenvalue weighted by molar-refractivity contribution is -0.145. The Labute approximate surface area is 138 Å². The fourth-order valence-corrected chi connectivity index (χ4v) is 1.97. The van der Waals surface area contributed by atoms with Gasteiger partial charge in [-0.1, -0.05) is 13.8 Å². The van der Waals surface area contributed by atoms with Crippen LogP contribution in [0.5, 0.6) is 0 Å². The number of ether oxygens (including phenoxy) is 1. The smallest absolute Gasteiger partial charge is 0.328 e. The number of rotatable bonds is 7. The van der Waals surface area contributed by atoms with E-state index in [1.54, 1.807) is 0 Å². The molecule has 0 aliphatic heterocycles. The van der Waals surface area contributed by atoms with Crippen LogP contribution in [-0.4, -0.2) is 37.5 Å². The number of carbonyl (C=O) groups is 3. The van der Waals surface area contributed by atoms with Crippen molar-refractivity contribution in [1.29, 1.82) is 0 Å². The minimum atomic E-state index is -1.16. The second kappa shape index (κ2) is 8.95. The summed E-state index contributed by atoms with van der Waals surface area (Å²) in [5.41, 5.74) is -0.117. The number of esters is 1. The zero-order chi connectivity index (χ0) is 18.3. The Morgan fingerprint density at radius 3 is 2.38 bits per heavy atom. The van der Waals surface area contributed by atoms with E-state index in [1.165, 1.54) is 7.11 Å². The van der Waals surface area contributed by atoms with Gasteiger partial charge in [-0.15, -0.1) is 0 Å². The highest BCUT2D eigenvalue weighted by atomic mass is 19.2. The molecule has 0 aliphatic rings. The van der Waals surface area contributed by atoms with E-state index in [-0.39, 0.29) is 11.5 Å². The standard InChI is InChI=1S/C16H20F2N2O4/c1-9(2)6-13(16(23)24-3)20-14(21)8-19-15(22)10-4-5-11(17)12(18)7-10/h4-5,7,9,13H,6,8H2,1-3H3,(H,19,22)(H,20,21). The number of carbonyl (C=O) groups excluding carboxylic acids is 3. The first-order valence-electron chi connectivity index (χ1n) is 7.35. The molecule has 1 atom stereocenters. The second-order valence-corrected chi connectivity index (χ2v) is 5.58. The Bertz CT molecular complexity index is 620. The molecule has 0 aromatic heterocycles. The van der Waals surface area contributed by atoms with E-state index in [2.05, 4.69) is 15.4 Å². The molecule has 6 nitrogen and oxygen atoms in total. The number of amides is 2. The number of nitrogens with one attached hydrogen (secondary N) is 2. The molecule has 0 bridgehead atoms. The van der Waals surface area contributed by atoms with Crippen molar-refractivity contribution in [1.82, 2.24) is 10.6 Å². The summed E-state index contributed by atoms with van der Waals surface area (Å²) in [6, 6.07) is 1.84. The third kappa shape index (κ3) is 5.94. The summed E-state index contributed by atoms with van der Waals surface area (Å²) in [5.74, 6) is -3.99. The highest BCUT2D eigenvalue weighted by molar-refractivity contribution is 5.96. The predicted octanol–water partition coefficient (Wildman–Crippen LogP) is 1.40. The molecule has 0 spiro atoms. The van der Waals surface area contributed by atoms with Gasteiger partial charge in [0.05, 0.1) is 13.7 Å². The minimum absolute atomic E-state index is 0.117. The maximum Gasteiger partial charge on any atom is 0.328 e. The van der Waals surface area contributed by atoms with Crippen LogP contribution in [0.2, 0.25) is 0 Å². The lowest BCUT2D eigenvalue weighted by atomic mass is 10.0. The fraction of sp³-hybridized carbons (Fsp3) is 0.438. The average molecular weight is 342 g/mol. The van der Waals surface area contributed by atoms with Crippen molar-refractivity contribution in [3.05, 3.63) is 35.4 Å². The lowest BCUT2D eigenvalue weighted by Crippen LogP contribution is -2.46. The van der Waals surface area contributed by atoms with Crippen LogP contribution in [0.3, 0.4) is 0 Å². The molecule has 0 fully saturated rings. The lowest BCUT2D eigenvalue weighted by Gasteiger charge is -2.18. The van der Waals surface area contributed by atoms with Crippen molar-refractivity contribution in [3.8, 4) is 0 Å². The van der Waals surface area contributed by atoms with E-state index in [0.29, 0.717) is 6.42 Å². The molecule has 0 saturated heterocycles. The fourth-order valence-electron chi connectivity index (χ4n) is 1.97. The van der Waals surface area contributed by atoms with Crippen LogP contribution in [0.1, 0.15) is 30.6 Å². The molecule has 0 aliphatic carbocycles. The largest absolute Gasteiger partial charge is 0.467 e. The minimum Gasteiger partial charge on any atom is -0.467 e. The van der Waals surface area contributed by atoms with Crippen LogP contribution in [0.15, 0.2) is 18.2 Å². The van der Waals surface area contributed by atoms with Gasteiger partial charge in [0.25, 0.3) is 5.91 Å². The summed E-state index contributed by atoms with van der Waals surface area (Å²) in [5, 5.41) is 4.73. The molecule has 8 heteroatoms. The van der Waals surface area contributed by atoms with Gasteiger partial charge in [-0.2, -0.15) is 0 Å². The molecule has 0 heterocycles. The highest BCUT2D eigenvalue weighted by Crippen LogP contribution is 2.08. The molecule has 1 aromatic rings. The molecule has 0 saturated carbocycles. The van der Waals surface area contributed by atoms with Crippen LogP contribution in [0.25, 0.3) is 0 Å². The maximum atomic E-state index is 13.1. The van der Waals surface area contributed by atoms with Crippen molar-refractivity contribution >= 4 is 17.8 Å². The first kappa shape index (κ1) is 19.5. The molecule has 132 valence electrons. The average Bonchev–Trinajstić information content (AvgIpc) is 2.53.